The van der Waals surface area contributed by atoms with Gasteiger partial charge < -0.3 is 20.3 Å². The van der Waals surface area contributed by atoms with E-state index in [2.05, 4.69) is 25.1 Å². The number of methoxy groups -OCH3 is 1. The zero-order chi connectivity index (χ0) is 31.9. The Morgan fingerprint density at radius 1 is 1.21 bits per heavy atom. The second-order valence-electron chi connectivity index (χ2n) is 10.1. The average molecular weight is 637 g/mol. The number of carbonyl (C=O) groups excluding carboxylic acids is 4. The molecule has 2 aliphatic heterocycles. The smallest absolute Gasteiger partial charge is 0.465 e. The number of nitrogens with one attached hydrogen (secondary N) is 4. The van der Waals surface area contributed by atoms with E-state index in [1.54, 1.807) is 12.2 Å². The number of guanidine groups is 1. The predicted octanol–water partition coefficient (Wildman–Crippen LogP) is 0.171. The molecule has 0 spiro atoms. The van der Waals surface area contributed by atoms with E-state index < -0.39 is 63.5 Å². The molecule has 0 aliphatic carbocycles. The molecule has 1 aromatic carbocycles. The number of amides is 3. The number of ether oxygens (including phenoxy) is 1. The Balaban J connectivity index is 1.57. The van der Waals surface area contributed by atoms with Gasteiger partial charge in [0.05, 0.1) is 25.0 Å². The monoisotopic (exact) mass is 636 g/mol. The summed E-state index contributed by atoms with van der Waals surface area (Å²) in [4.78, 5) is 54.1. The van der Waals surface area contributed by atoms with Crippen molar-refractivity contribution in [3.05, 3.63) is 35.1 Å². The third-order valence-electron chi connectivity index (χ3n) is 6.86. The summed E-state index contributed by atoms with van der Waals surface area (Å²) < 4.78 is 84.0. The SMILES string of the molecule is COC(=O)c1ccc(F)cc1CS(=O)(=O)NC1CCCCN(CC(=O)NCC2CN=C(NC(=O)C(F)(F)F)NC2C)C1=O. The van der Waals surface area contributed by atoms with Crippen molar-refractivity contribution in [1.82, 2.24) is 25.6 Å². The summed E-state index contributed by atoms with van der Waals surface area (Å²) in [5.41, 5.74) is -0.294. The van der Waals surface area contributed by atoms with Crippen molar-refractivity contribution >= 4 is 39.7 Å². The van der Waals surface area contributed by atoms with Gasteiger partial charge in [-0.1, -0.05) is 0 Å². The Kier molecular flexibility index (Phi) is 11.1. The van der Waals surface area contributed by atoms with Gasteiger partial charge in [-0.2, -0.15) is 13.2 Å². The zero-order valence-corrected chi connectivity index (χ0v) is 24.1. The lowest BCUT2D eigenvalue weighted by Crippen LogP contribution is -2.55. The second-order valence-corrected chi connectivity index (χ2v) is 11.9. The van der Waals surface area contributed by atoms with E-state index in [0.29, 0.717) is 12.8 Å². The van der Waals surface area contributed by atoms with Gasteiger partial charge in [-0.15, -0.1) is 0 Å². The fraction of sp³-hybridized carbons (Fsp3) is 0.560. The number of esters is 1. The topological polar surface area (TPSA) is 175 Å². The summed E-state index contributed by atoms with van der Waals surface area (Å²) in [5.74, 6) is -6.44. The van der Waals surface area contributed by atoms with Gasteiger partial charge in [-0.25, -0.2) is 22.3 Å². The number of carbonyl (C=O) groups is 4. The quantitative estimate of drug-likeness (QED) is 0.219. The first-order valence-corrected chi connectivity index (χ1v) is 14.9. The van der Waals surface area contributed by atoms with Crippen molar-refractivity contribution < 1.29 is 49.9 Å². The molecule has 0 saturated carbocycles. The van der Waals surface area contributed by atoms with Crippen molar-refractivity contribution in [2.75, 3.05) is 33.3 Å². The van der Waals surface area contributed by atoms with Crippen molar-refractivity contribution in [1.29, 1.82) is 0 Å². The lowest BCUT2D eigenvalue weighted by molar-refractivity contribution is -0.172. The fourth-order valence-electron chi connectivity index (χ4n) is 4.54. The molecule has 4 N–H and O–H groups in total. The number of alkyl halides is 3. The van der Waals surface area contributed by atoms with Crippen LogP contribution >= 0.6 is 0 Å². The van der Waals surface area contributed by atoms with E-state index in [0.717, 1.165) is 25.3 Å². The van der Waals surface area contributed by atoms with Crippen LogP contribution in [0.4, 0.5) is 17.6 Å². The van der Waals surface area contributed by atoms with Crippen LogP contribution in [0.3, 0.4) is 0 Å². The molecule has 1 aromatic rings. The first kappa shape index (κ1) is 33.7. The summed E-state index contributed by atoms with van der Waals surface area (Å²) in [6, 6.07) is 1.33. The maximum atomic E-state index is 13.8. The highest BCUT2D eigenvalue weighted by molar-refractivity contribution is 7.88. The lowest BCUT2D eigenvalue weighted by atomic mass is 10.00. The number of benzene rings is 1. The summed E-state index contributed by atoms with van der Waals surface area (Å²) in [7, 11) is -3.15. The molecular weight excluding hydrogens is 604 g/mol. The molecule has 43 heavy (non-hydrogen) atoms. The van der Waals surface area contributed by atoms with Crippen LogP contribution < -0.4 is 20.7 Å². The molecule has 13 nitrogen and oxygen atoms in total. The minimum atomic E-state index is -5.07. The Labute approximate surface area is 244 Å². The van der Waals surface area contributed by atoms with Crippen LogP contribution in [0.5, 0.6) is 0 Å². The molecule has 2 heterocycles. The average Bonchev–Trinajstić information content (AvgIpc) is 3.07. The number of rotatable bonds is 9. The Morgan fingerprint density at radius 2 is 1.93 bits per heavy atom. The highest BCUT2D eigenvalue weighted by atomic mass is 32.2. The first-order valence-electron chi connectivity index (χ1n) is 13.2. The van der Waals surface area contributed by atoms with Gasteiger partial charge >= 0.3 is 18.1 Å². The molecule has 3 atom stereocenters. The standard InChI is InChI=1S/C25H32F4N6O7S/c1-14-16(11-31-24(32-14)33-23(39)25(27,28)29)10-30-20(36)12-35-8-4-3-5-19(21(35)37)34-43(40,41)13-15-9-17(26)6-7-18(15)22(38)42-2/h6-7,9,14,16,19,34H,3-5,8,10-13H2,1-2H3,(H,30,36)(H2,31,32,33,39). The van der Waals surface area contributed by atoms with Gasteiger partial charge in [0.2, 0.25) is 21.8 Å². The molecule has 0 aromatic heterocycles. The summed E-state index contributed by atoms with van der Waals surface area (Å²) in [5, 5.41) is 6.93. The molecule has 238 valence electrons. The van der Waals surface area contributed by atoms with Gasteiger partial charge in [0.25, 0.3) is 0 Å². The largest absolute Gasteiger partial charge is 0.471 e. The molecule has 3 unspecified atom stereocenters. The van der Waals surface area contributed by atoms with E-state index in [9.17, 15) is 45.2 Å². The van der Waals surface area contributed by atoms with Gasteiger partial charge in [0.15, 0.2) is 5.96 Å². The Bertz CT molecular complexity index is 1370. The molecule has 1 saturated heterocycles. The van der Waals surface area contributed by atoms with E-state index >= 15 is 0 Å². The zero-order valence-electron chi connectivity index (χ0n) is 23.3. The van der Waals surface area contributed by atoms with Gasteiger partial charge in [0.1, 0.15) is 11.9 Å². The number of hydrogen-bond donors (Lipinski definition) is 4. The normalized spacial score (nSPS) is 21.3. The third kappa shape index (κ3) is 9.60. The lowest BCUT2D eigenvalue weighted by Gasteiger charge is -2.30. The van der Waals surface area contributed by atoms with Crippen LogP contribution in [0.25, 0.3) is 0 Å². The summed E-state index contributed by atoms with van der Waals surface area (Å²) >= 11 is 0. The van der Waals surface area contributed by atoms with Crippen molar-refractivity contribution in [3.8, 4) is 0 Å². The molecule has 3 amide bonds. The predicted molar refractivity (Wildman–Crippen MR) is 143 cm³/mol. The molecule has 18 heteroatoms. The molecule has 3 rings (SSSR count). The number of likely N-dealkylation sites (tertiary alicyclic amines) is 1. The Hall–Kier alpha value is -3.80. The van der Waals surface area contributed by atoms with Gasteiger partial charge in [-0.3, -0.25) is 24.7 Å². The molecular formula is C25H32F4N6O7S. The maximum absolute atomic E-state index is 13.8. The van der Waals surface area contributed by atoms with Crippen LogP contribution in [0, 0.1) is 11.7 Å². The molecule has 2 aliphatic rings. The minimum absolute atomic E-state index is 0.0113. The highest BCUT2D eigenvalue weighted by Gasteiger charge is 2.40. The molecule has 1 fully saturated rings. The van der Waals surface area contributed by atoms with Gasteiger partial charge in [-0.05, 0) is 49.9 Å². The van der Waals surface area contributed by atoms with Crippen molar-refractivity contribution in [2.45, 2.75) is 50.2 Å². The second kappa shape index (κ2) is 14.1. The van der Waals surface area contributed by atoms with E-state index in [-0.39, 0.29) is 55.6 Å². The summed E-state index contributed by atoms with van der Waals surface area (Å²) in [6.07, 6.45) is -3.95. The van der Waals surface area contributed by atoms with E-state index in [1.165, 1.54) is 4.90 Å². The number of nitrogens with zero attached hydrogens (tertiary/aromatic N) is 2. The number of aliphatic imine (C=N–C) groups is 1. The number of halogens is 4. The van der Waals surface area contributed by atoms with Crippen molar-refractivity contribution in [3.63, 3.8) is 0 Å². The summed E-state index contributed by atoms with van der Waals surface area (Å²) in [6.45, 7) is 1.52. The molecule has 0 radical (unpaired) electrons. The highest BCUT2D eigenvalue weighted by Crippen LogP contribution is 2.19. The molecule has 0 bridgehead atoms. The van der Waals surface area contributed by atoms with Crippen LogP contribution in [0.15, 0.2) is 23.2 Å². The van der Waals surface area contributed by atoms with Crippen LogP contribution in [0.2, 0.25) is 0 Å². The number of hydrogen-bond acceptors (Lipinski definition) is 9. The Morgan fingerprint density at radius 3 is 2.58 bits per heavy atom. The fourth-order valence-corrected chi connectivity index (χ4v) is 5.92. The van der Waals surface area contributed by atoms with Crippen LogP contribution in [-0.4, -0.2) is 94.5 Å². The van der Waals surface area contributed by atoms with Crippen LogP contribution in [0.1, 0.15) is 42.1 Å². The first-order chi connectivity index (χ1) is 20.1. The van der Waals surface area contributed by atoms with E-state index in [1.807, 2.05) is 0 Å². The maximum Gasteiger partial charge on any atom is 0.471 e. The third-order valence-corrected chi connectivity index (χ3v) is 8.20. The minimum Gasteiger partial charge on any atom is -0.465 e. The van der Waals surface area contributed by atoms with E-state index in [4.69, 9.17) is 0 Å². The van der Waals surface area contributed by atoms with Crippen LogP contribution in [-0.2, 0) is 34.9 Å². The number of sulfonamides is 1. The van der Waals surface area contributed by atoms with Crippen molar-refractivity contribution in [2.24, 2.45) is 10.9 Å². The van der Waals surface area contributed by atoms with Gasteiger partial charge in [0, 0.05) is 31.6 Å².